The first kappa shape index (κ1) is 16.3. The Labute approximate surface area is 121 Å². The first-order chi connectivity index (χ1) is 9.43. The molecule has 1 unspecified atom stereocenters. The number of nitrogen functional groups attached to an aromatic ring is 1. The molecule has 1 rings (SSSR count). The zero-order valence-corrected chi connectivity index (χ0v) is 12.1. The maximum Gasteiger partial charge on any atom is 0.306 e. The van der Waals surface area contributed by atoms with Crippen molar-refractivity contribution in [2.75, 3.05) is 23.9 Å². The molecule has 1 amide bonds. The Morgan fingerprint density at radius 1 is 1.50 bits per heavy atom. The van der Waals surface area contributed by atoms with Crippen LogP contribution in [-0.2, 0) is 14.3 Å². The molecule has 0 aliphatic rings. The molecule has 1 aromatic carbocycles. The molecule has 0 spiro atoms. The van der Waals surface area contributed by atoms with Gasteiger partial charge < -0.3 is 15.8 Å². The molecule has 0 bridgehead atoms. The SMILES string of the molecule is COC(=O)CCSC(C)C(=O)Nc1ccc(F)cc1N. The number of hydrogen-bond donors (Lipinski definition) is 2. The van der Waals surface area contributed by atoms with Gasteiger partial charge in [-0.1, -0.05) is 0 Å². The van der Waals surface area contributed by atoms with E-state index in [-0.39, 0.29) is 29.2 Å². The van der Waals surface area contributed by atoms with Crippen molar-refractivity contribution >= 4 is 35.0 Å². The molecule has 20 heavy (non-hydrogen) atoms. The van der Waals surface area contributed by atoms with Crippen LogP contribution < -0.4 is 11.1 Å². The van der Waals surface area contributed by atoms with Gasteiger partial charge >= 0.3 is 5.97 Å². The Morgan fingerprint density at radius 2 is 2.20 bits per heavy atom. The molecule has 1 aromatic rings. The van der Waals surface area contributed by atoms with Gasteiger partial charge in [0, 0.05) is 5.75 Å². The number of methoxy groups -OCH3 is 1. The molecule has 5 nitrogen and oxygen atoms in total. The van der Waals surface area contributed by atoms with Crippen LogP contribution in [0.5, 0.6) is 0 Å². The van der Waals surface area contributed by atoms with E-state index in [2.05, 4.69) is 10.1 Å². The van der Waals surface area contributed by atoms with Gasteiger partial charge in [-0.25, -0.2) is 4.39 Å². The average molecular weight is 300 g/mol. The van der Waals surface area contributed by atoms with Gasteiger partial charge in [-0.3, -0.25) is 9.59 Å². The summed E-state index contributed by atoms with van der Waals surface area (Å²) >= 11 is 1.33. The van der Waals surface area contributed by atoms with Gasteiger partial charge in [-0.2, -0.15) is 0 Å². The van der Waals surface area contributed by atoms with Gasteiger partial charge in [0.15, 0.2) is 0 Å². The molecule has 0 fully saturated rings. The number of nitrogens with one attached hydrogen (secondary N) is 1. The zero-order valence-electron chi connectivity index (χ0n) is 11.3. The summed E-state index contributed by atoms with van der Waals surface area (Å²) < 4.78 is 17.4. The quantitative estimate of drug-likeness (QED) is 0.620. The lowest BCUT2D eigenvalue weighted by atomic mass is 10.2. The fourth-order valence-electron chi connectivity index (χ4n) is 1.38. The number of rotatable bonds is 6. The lowest BCUT2D eigenvalue weighted by Crippen LogP contribution is -2.23. The molecule has 1 atom stereocenters. The number of carbonyl (C=O) groups excluding carboxylic acids is 2. The van der Waals surface area contributed by atoms with Crippen molar-refractivity contribution in [1.82, 2.24) is 0 Å². The average Bonchev–Trinajstić information content (AvgIpc) is 2.41. The molecule has 0 aliphatic carbocycles. The van der Waals surface area contributed by atoms with Gasteiger partial charge in [0.1, 0.15) is 5.82 Å². The number of nitrogens with two attached hydrogens (primary N) is 1. The number of amides is 1. The van der Waals surface area contributed by atoms with Crippen LogP contribution in [0.25, 0.3) is 0 Å². The summed E-state index contributed by atoms with van der Waals surface area (Å²) in [6, 6.07) is 3.78. The highest BCUT2D eigenvalue weighted by molar-refractivity contribution is 8.00. The topological polar surface area (TPSA) is 81.4 Å². The molecule has 7 heteroatoms. The Balaban J connectivity index is 2.47. The standard InChI is InChI=1S/C13H17FN2O3S/c1-8(20-6-5-12(17)19-2)13(18)16-11-4-3-9(14)7-10(11)15/h3-4,7-8H,5-6,15H2,1-2H3,(H,16,18). The highest BCUT2D eigenvalue weighted by atomic mass is 32.2. The predicted octanol–water partition coefficient (Wildman–Crippen LogP) is 2.03. The number of halogens is 1. The van der Waals surface area contributed by atoms with E-state index in [0.717, 1.165) is 6.07 Å². The van der Waals surface area contributed by atoms with Crippen molar-refractivity contribution in [2.24, 2.45) is 0 Å². The van der Waals surface area contributed by atoms with Gasteiger partial charge in [0.2, 0.25) is 5.91 Å². The molecule has 110 valence electrons. The number of anilines is 2. The van der Waals surface area contributed by atoms with Crippen LogP contribution in [-0.4, -0.2) is 30.0 Å². The van der Waals surface area contributed by atoms with Crippen molar-refractivity contribution in [3.05, 3.63) is 24.0 Å². The van der Waals surface area contributed by atoms with Crippen molar-refractivity contribution in [3.8, 4) is 0 Å². The third kappa shape index (κ3) is 5.08. The number of ether oxygens (including phenoxy) is 1. The molecule has 0 saturated carbocycles. The van der Waals surface area contributed by atoms with Gasteiger partial charge in [0.25, 0.3) is 0 Å². The first-order valence-corrected chi connectivity index (χ1v) is 7.03. The normalized spacial score (nSPS) is 11.8. The maximum absolute atomic E-state index is 12.9. The monoisotopic (exact) mass is 300 g/mol. The fourth-order valence-corrected chi connectivity index (χ4v) is 2.23. The summed E-state index contributed by atoms with van der Waals surface area (Å²) in [7, 11) is 1.32. The Bertz CT molecular complexity index is 497. The van der Waals surface area contributed by atoms with E-state index in [4.69, 9.17) is 5.73 Å². The van der Waals surface area contributed by atoms with Crippen LogP contribution >= 0.6 is 11.8 Å². The van der Waals surface area contributed by atoms with Crippen molar-refractivity contribution in [3.63, 3.8) is 0 Å². The summed E-state index contributed by atoms with van der Waals surface area (Å²) in [5.74, 6) is -0.535. The highest BCUT2D eigenvalue weighted by Gasteiger charge is 2.15. The fraction of sp³-hybridized carbons (Fsp3) is 0.385. The lowest BCUT2D eigenvalue weighted by molar-refractivity contribution is -0.140. The van der Waals surface area contributed by atoms with Crippen LogP contribution in [0.4, 0.5) is 15.8 Å². The van der Waals surface area contributed by atoms with Crippen molar-refractivity contribution in [1.29, 1.82) is 0 Å². The highest BCUT2D eigenvalue weighted by Crippen LogP contribution is 2.21. The van der Waals surface area contributed by atoms with Crippen LogP contribution in [0.15, 0.2) is 18.2 Å². The zero-order chi connectivity index (χ0) is 15.1. The summed E-state index contributed by atoms with van der Waals surface area (Å²) in [6.07, 6.45) is 0.247. The molecule has 0 heterocycles. The third-order valence-corrected chi connectivity index (χ3v) is 3.70. The van der Waals surface area contributed by atoms with Crippen LogP contribution in [0, 0.1) is 5.82 Å². The summed E-state index contributed by atoms with van der Waals surface area (Å²) in [6.45, 7) is 1.72. The van der Waals surface area contributed by atoms with Crippen LogP contribution in [0.1, 0.15) is 13.3 Å². The summed E-state index contributed by atoms with van der Waals surface area (Å²) in [5.41, 5.74) is 6.15. The Kier molecular flexibility index (Phi) is 6.30. The van der Waals surface area contributed by atoms with Gasteiger partial charge in [-0.15, -0.1) is 11.8 Å². The molecule has 0 saturated heterocycles. The number of benzene rings is 1. The largest absolute Gasteiger partial charge is 0.469 e. The van der Waals surface area contributed by atoms with E-state index in [1.165, 1.54) is 31.0 Å². The molecular weight excluding hydrogens is 283 g/mol. The minimum Gasteiger partial charge on any atom is -0.469 e. The van der Waals surface area contributed by atoms with Crippen molar-refractivity contribution in [2.45, 2.75) is 18.6 Å². The second-order valence-corrected chi connectivity index (χ2v) is 5.51. The number of carbonyl (C=O) groups is 2. The molecule has 0 aliphatic heterocycles. The second kappa shape index (κ2) is 7.74. The summed E-state index contributed by atoms with van der Waals surface area (Å²) in [5, 5.41) is 2.26. The van der Waals surface area contributed by atoms with Gasteiger partial charge in [0.05, 0.1) is 30.2 Å². The number of esters is 1. The predicted molar refractivity (Wildman–Crippen MR) is 78.0 cm³/mol. The van der Waals surface area contributed by atoms with Gasteiger partial charge in [-0.05, 0) is 25.1 Å². The third-order valence-electron chi connectivity index (χ3n) is 2.54. The van der Waals surface area contributed by atoms with E-state index in [0.29, 0.717) is 11.4 Å². The second-order valence-electron chi connectivity index (χ2n) is 4.06. The van der Waals surface area contributed by atoms with E-state index >= 15 is 0 Å². The first-order valence-electron chi connectivity index (χ1n) is 5.98. The molecule has 0 radical (unpaired) electrons. The van der Waals surface area contributed by atoms with E-state index < -0.39 is 5.82 Å². The molecular formula is C13H17FN2O3S. The maximum atomic E-state index is 12.9. The van der Waals surface area contributed by atoms with Crippen molar-refractivity contribution < 1.29 is 18.7 Å². The van der Waals surface area contributed by atoms with E-state index in [1.54, 1.807) is 6.92 Å². The van der Waals surface area contributed by atoms with Crippen LogP contribution in [0.3, 0.4) is 0 Å². The lowest BCUT2D eigenvalue weighted by Gasteiger charge is -2.13. The number of thioether (sulfide) groups is 1. The summed E-state index contributed by atoms with van der Waals surface area (Å²) in [4.78, 5) is 22.8. The minimum atomic E-state index is -0.457. The molecule has 3 N–H and O–H groups in total. The minimum absolute atomic E-state index is 0.171. The smallest absolute Gasteiger partial charge is 0.306 e. The van der Waals surface area contributed by atoms with E-state index in [1.807, 2.05) is 0 Å². The van der Waals surface area contributed by atoms with E-state index in [9.17, 15) is 14.0 Å². The Hall–Kier alpha value is -1.76. The number of hydrogen-bond acceptors (Lipinski definition) is 5. The van der Waals surface area contributed by atoms with Crippen LogP contribution in [0.2, 0.25) is 0 Å². The molecule has 0 aromatic heterocycles. The Morgan fingerprint density at radius 3 is 2.80 bits per heavy atom.